The number of carboxylic acids is 1. The molecule has 0 aliphatic rings. The van der Waals surface area contributed by atoms with Gasteiger partial charge in [0.15, 0.2) is 5.82 Å². The van der Waals surface area contributed by atoms with Gasteiger partial charge >= 0.3 is 0 Å². The summed E-state index contributed by atoms with van der Waals surface area (Å²) in [6.07, 6.45) is 0.425. The van der Waals surface area contributed by atoms with E-state index in [0.717, 1.165) is 0 Å². The highest BCUT2D eigenvalue weighted by Crippen LogP contribution is 2.22. The van der Waals surface area contributed by atoms with E-state index in [1.807, 2.05) is 6.92 Å². The number of nitrogens with one attached hydrogen (secondary N) is 1. The van der Waals surface area contributed by atoms with Crippen molar-refractivity contribution in [2.75, 3.05) is 0 Å². The number of nitrogens with zero attached hydrogens (tertiary/aromatic N) is 5. The van der Waals surface area contributed by atoms with Crippen LogP contribution in [0.1, 0.15) is 40.9 Å². The lowest BCUT2D eigenvalue weighted by Crippen LogP contribution is -2.33. The molecule has 3 heterocycles. The Kier molecular flexibility index (Phi) is 6.68. The second-order valence-electron chi connectivity index (χ2n) is 6.70. The minimum atomic E-state index is -2.64. The van der Waals surface area contributed by atoms with Crippen molar-refractivity contribution < 1.29 is 18.7 Å². The van der Waals surface area contributed by atoms with Crippen molar-refractivity contribution in [3.05, 3.63) is 58.7 Å². The highest BCUT2D eigenvalue weighted by atomic mass is 35.5. The lowest BCUT2D eigenvalue weighted by Gasteiger charge is -2.16. The van der Waals surface area contributed by atoms with Crippen LogP contribution in [0.2, 0.25) is 5.28 Å². The fourth-order valence-corrected chi connectivity index (χ4v) is 3.00. The van der Waals surface area contributed by atoms with Crippen molar-refractivity contribution in [3.8, 4) is 11.4 Å². The van der Waals surface area contributed by atoms with Gasteiger partial charge in [-0.2, -0.15) is 0 Å². The molecule has 0 radical (unpaired) electrons. The van der Waals surface area contributed by atoms with E-state index in [0.29, 0.717) is 22.6 Å². The van der Waals surface area contributed by atoms with Gasteiger partial charge < -0.3 is 19.8 Å². The minimum absolute atomic E-state index is 0.0220. The standard InChI is InChI=1S/C19H19ClF2N6O2/c1-10-6-24-19(20)27-15(10)14-9-28(17(26-14)18(29)30)8-11(2)23-7-12-4-3-5-13(25-12)16(21)22/h3-6,9,11,16,23H,7-8H2,1-2H3,(H,29,30)/p-1. The van der Waals surface area contributed by atoms with Gasteiger partial charge in [-0.3, -0.25) is 4.98 Å². The molecule has 1 atom stereocenters. The van der Waals surface area contributed by atoms with Crippen LogP contribution in [0.25, 0.3) is 11.4 Å². The van der Waals surface area contributed by atoms with Gasteiger partial charge in [-0.1, -0.05) is 6.07 Å². The smallest absolute Gasteiger partial charge is 0.280 e. The minimum Gasteiger partial charge on any atom is -0.542 e. The second kappa shape index (κ2) is 9.23. The highest BCUT2D eigenvalue weighted by molar-refractivity contribution is 6.28. The van der Waals surface area contributed by atoms with Gasteiger partial charge in [-0.25, -0.2) is 23.7 Å². The summed E-state index contributed by atoms with van der Waals surface area (Å²) in [6, 6.07) is 4.19. The molecule has 0 amide bonds. The van der Waals surface area contributed by atoms with Gasteiger partial charge in [0.25, 0.3) is 6.43 Å². The molecule has 1 unspecified atom stereocenters. The molecule has 0 fully saturated rings. The number of carboxylic acid groups (broad SMARTS) is 1. The summed E-state index contributed by atoms with van der Waals surface area (Å²) in [5, 5.41) is 14.7. The third kappa shape index (κ3) is 5.14. The summed E-state index contributed by atoms with van der Waals surface area (Å²) in [6.45, 7) is 4.06. The number of hydrogen-bond acceptors (Lipinski definition) is 7. The molecule has 158 valence electrons. The fourth-order valence-electron chi connectivity index (χ4n) is 2.87. The number of alkyl halides is 2. The predicted molar refractivity (Wildman–Crippen MR) is 103 cm³/mol. The molecular formula is C19H18ClF2N6O2-. The van der Waals surface area contributed by atoms with Crippen LogP contribution in [-0.2, 0) is 13.1 Å². The van der Waals surface area contributed by atoms with Gasteiger partial charge in [0.05, 0.1) is 11.4 Å². The Morgan fingerprint density at radius 2 is 2.07 bits per heavy atom. The molecule has 0 aliphatic carbocycles. The van der Waals surface area contributed by atoms with Crippen molar-refractivity contribution in [3.63, 3.8) is 0 Å². The van der Waals surface area contributed by atoms with Crippen LogP contribution in [0, 0.1) is 6.92 Å². The first-order valence-electron chi connectivity index (χ1n) is 9.00. The molecule has 0 spiro atoms. The lowest BCUT2D eigenvalue weighted by atomic mass is 10.2. The maximum absolute atomic E-state index is 12.8. The van der Waals surface area contributed by atoms with E-state index in [2.05, 4.69) is 25.3 Å². The number of imidazole rings is 1. The van der Waals surface area contributed by atoms with Crippen molar-refractivity contribution in [2.45, 2.75) is 39.4 Å². The molecule has 1 N–H and O–H groups in total. The fraction of sp³-hybridized carbons (Fsp3) is 0.316. The summed E-state index contributed by atoms with van der Waals surface area (Å²) < 4.78 is 27.0. The number of aromatic carboxylic acids is 1. The number of aryl methyl sites for hydroxylation is 1. The van der Waals surface area contributed by atoms with Gasteiger partial charge in [0.2, 0.25) is 5.28 Å². The Balaban J connectivity index is 1.75. The number of aromatic nitrogens is 5. The van der Waals surface area contributed by atoms with Crippen molar-refractivity contribution in [2.24, 2.45) is 0 Å². The first-order valence-corrected chi connectivity index (χ1v) is 9.37. The van der Waals surface area contributed by atoms with E-state index in [9.17, 15) is 18.7 Å². The normalized spacial score (nSPS) is 12.3. The lowest BCUT2D eigenvalue weighted by molar-refractivity contribution is -0.256. The van der Waals surface area contributed by atoms with E-state index in [4.69, 9.17) is 11.6 Å². The zero-order chi connectivity index (χ0) is 21.8. The van der Waals surface area contributed by atoms with E-state index in [1.54, 1.807) is 19.2 Å². The summed E-state index contributed by atoms with van der Waals surface area (Å²) in [7, 11) is 0. The second-order valence-corrected chi connectivity index (χ2v) is 7.03. The maximum Gasteiger partial charge on any atom is 0.280 e. The third-order valence-electron chi connectivity index (χ3n) is 4.30. The van der Waals surface area contributed by atoms with E-state index in [1.165, 1.54) is 22.9 Å². The Morgan fingerprint density at radius 3 is 2.77 bits per heavy atom. The van der Waals surface area contributed by atoms with Crippen LogP contribution in [-0.4, -0.2) is 36.5 Å². The Bertz CT molecular complexity index is 1060. The number of carbonyl (C=O) groups excluding carboxylic acids is 1. The average Bonchev–Trinajstić information content (AvgIpc) is 3.12. The van der Waals surface area contributed by atoms with Crippen molar-refractivity contribution in [1.82, 2.24) is 29.8 Å². The van der Waals surface area contributed by atoms with Gasteiger partial charge in [-0.05, 0) is 43.1 Å². The van der Waals surface area contributed by atoms with Crippen molar-refractivity contribution >= 4 is 17.6 Å². The molecule has 0 aromatic carbocycles. The number of carbonyl (C=O) groups is 1. The Morgan fingerprint density at radius 1 is 1.30 bits per heavy atom. The number of hydrogen-bond donors (Lipinski definition) is 1. The van der Waals surface area contributed by atoms with Gasteiger partial charge in [-0.15, -0.1) is 0 Å². The van der Waals surface area contributed by atoms with Crippen LogP contribution in [0.4, 0.5) is 8.78 Å². The predicted octanol–water partition coefficient (Wildman–Crippen LogP) is 2.18. The molecule has 0 saturated heterocycles. The molecule has 0 saturated carbocycles. The molecule has 3 aromatic rings. The Hall–Kier alpha value is -2.98. The van der Waals surface area contributed by atoms with Crippen LogP contribution < -0.4 is 10.4 Å². The highest BCUT2D eigenvalue weighted by Gasteiger charge is 2.16. The average molecular weight is 436 g/mol. The van der Waals surface area contributed by atoms with Crippen LogP contribution in [0.5, 0.6) is 0 Å². The summed E-state index contributed by atoms with van der Waals surface area (Å²) in [5.41, 5.74) is 1.60. The van der Waals surface area contributed by atoms with Crippen molar-refractivity contribution in [1.29, 1.82) is 0 Å². The van der Waals surface area contributed by atoms with E-state index < -0.39 is 12.4 Å². The third-order valence-corrected chi connectivity index (χ3v) is 4.48. The number of halogens is 3. The largest absolute Gasteiger partial charge is 0.542 e. The summed E-state index contributed by atoms with van der Waals surface area (Å²) >= 11 is 5.84. The van der Waals surface area contributed by atoms with Crippen LogP contribution in [0.3, 0.4) is 0 Å². The number of pyridine rings is 1. The molecule has 3 rings (SSSR count). The SMILES string of the molecule is Cc1cnc(Cl)nc1-c1cn(CC(C)NCc2cccc(C(F)F)n2)c(C(=O)[O-])n1. The zero-order valence-corrected chi connectivity index (χ0v) is 16.9. The van der Waals surface area contributed by atoms with Crippen LogP contribution >= 0.6 is 11.6 Å². The summed E-state index contributed by atoms with van der Waals surface area (Å²) in [4.78, 5) is 27.5. The quantitative estimate of drug-likeness (QED) is 0.540. The van der Waals surface area contributed by atoms with E-state index >= 15 is 0 Å². The van der Waals surface area contributed by atoms with Gasteiger partial charge in [0, 0.05) is 31.5 Å². The molecule has 8 nitrogen and oxygen atoms in total. The number of rotatable bonds is 8. The molecule has 30 heavy (non-hydrogen) atoms. The topological polar surface area (TPSA) is 109 Å². The molecule has 0 bridgehead atoms. The first kappa shape index (κ1) is 21.7. The summed E-state index contributed by atoms with van der Waals surface area (Å²) in [5.74, 6) is -1.69. The molecule has 3 aromatic heterocycles. The first-order chi connectivity index (χ1) is 14.2. The maximum atomic E-state index is 12.8. The Labute approximate surface area is 176 Å². The molecule has 0 aliphatic heterocycles. The monoisotopic (exact) mass is 435 g/mol. The van der Waals surface area contributed by atoms with Gasteiger partial charge in [0.1, 0.15) is 17.4 Å². The molecular weight excluding hydrogens is 418 g/mol. The zero-order valence-electron chi connectivity index (χ0n) is 16.1. The molecule has 11 heteroatoms. The van der Waals surface area contributed by atoms with Crippen LogP contribution in [0.15, 0.2) is 30.6 Å². The van der Waals surface area contributed by atoms with E-state index in [-0.39, 0.29) is 35.9 Å².